The van der Waals surface area contributed by atoms with Crippen LogP contribution in [0.2, 0.25) is 0 Å². The first-order valence-corrected chi connectivity index (χ1v) is 9.24. The summed E-state index contributed by atoms with van der Waals surface area (Å²) in [6.45, 7) is 4.63. The van der Waals surface area contributed by atoms with Crippen LogP contribution < -0.4 is 0 Å². The third-order valence-corrected chi connectivity index (χ3v) is 8.41. The average Bonchev–Trinajstić information content (AvgIpc) is 2.76. The first-order chi connectivity index (χ1) is 10.3. The molecule has 4 rings (SSSR count). The summed E-state index contributed by atoms with van der Waals surface area (Å²) in [5.41, 5.74) is 0.210. The lowest BCUT2D eigenvalue weighted by Crippen LogP contribution is -2.55. The summed E-state index contributed by atoms with van der Waals surface area (Å²) >= 11 is 0. The Labute approximate surface area is 133 Å². The number of Topliss-reactive ketones (excluding diaryl/α,β-unsaturated/α-hetero) is 1. The Bertz CT molecular complexity index is 499. The zero-order valence-electron chi connectivity index (χ0n) is 14.0. The van der Waals surface area contributed by atoms with Gasteiger partial charge in [0.25, 0.3) is 0 Å². The van der Waals surface area contributed by atoms with E-state index in [1.54, 1.807) is 0 Å². The predicted octanol–water partition coefficient (Wildman–Crippen LogP) is 3.28. The predicted molar refractivity (Wildman–Crippen MR) is 83.9 cm³/mol. The number of hydrogen-bond acceptors (Lipinski definition) is 3. The normalized spacial score (nSPS) is 53.5. The molecule has 4 aliphatic rings. The van der Waals surface area contributed by atoms with Gasteiger partial charge >= 0.3 is 0 Å². The van der Waals surface area contributed by atoms with Crippen molar-refractivity contribution in [2.45, 2.75) is 77.4 Å². The minimum atomic E-state index is -1.44. The molecule has 0 aromatic carbocycles. The fourth-order valence-electron chi connectivity index (χ4n) is 7.00. The smallest absolute Gasteiger partial charge is 0.162 e. The Morgan fingerprint density at radius 3 is 2.50 bits per heavy atom. The minimum Gasteiger partial charge on any atom is -0.366 e. The van der Waals surface area contributed by atoms with E-state index in [9.17, 15) is 15.0 Å². The van der Waals surface area contributed by atoms with Crippen molar-refractivity contribution in [3.05, 3.63) is 0 Å². The molecule has 0 aromatic heterocycles. The SMILES string of the molecule is C[C@]12CCC(O)(O)CC1CC[C@@H]1[C@@H]2CC[C@]2(C)C(=O)CC[C@@H]12. The van der Waals surface area contributed by atoms with Crippen molar-refractivity contribution >= 4 is 5.78 Å². The van der Waals surface area contributed by atoms with E-state index in [0.717, 1.165) is 32.1 Å². The summed E-state index contributed by atoms with van der Waals surface area (Å²) in [6, 6.07) is 0. The van der Waals surface area contributed by atoms with Crippen LogP contribution >= 0.6 is 0 Å². The van der Waals surface area contributed by atoms with E-state index < -0.39 is 5.79 Å². The zero-order valence-corrected chi connectivity index (χ0v) is 14.0. The second-order valence-corrected chi connectivity index (χ2v) is 9.26. The molecule has 6 atom stereocenters. The van der Waals surface area contributed by atoms with Gasteiger partial charge in [0.1, 0.15) is 5.78 Å². The van der Waals surface area contributed by atoms with Crippen molar-refractivity contribution in [2.24, 2.45) is 34.5 Å². The molecule has 4 saturated carbocycles. The summed E-state index contributed by atoms with van der Waals surface area (Å²) in [5.74, 6) is 1.48. The maximum atomic E-state index is 12.4. The van der Waals surface area contributed by atoms with Crippen molar-refractivity contribution in [2.75, 3.05) is 0 Å². The second-order valence-electron chi connectivity index (χ2n) is 9.26. The monoisotopic (exact) mass is 306 g/mol. The molecule has 124 valence electrons. The number of fused-ring (bicyclic) bond motifs is 5. The molecule has 0 bridgehead atoms. The van der Waals surface area contributed by atoms with Crippen molar-refractivity contribution < 1.29 is 15.0 Å². The first kappa shape index (κ1) is 15.1. The van der Waals surface area contributed by atoms with Gasteiger partial charge in [0, 0.05) is 24.7 Å². The Hall–Kier alpha value is -0.410. The zero-order chi connectivity index (χ0) is 15.8. The standard InChI is InChI=1S/C19H30O3/c1-17-9-10-19(21,22)11-12(17)3-4-13-14-5-6-16(20)18(14,2)8-7-15(13)17/h12-15,21-22H,3-11H2,1-2H3/t12?,13-,14-,15-,17-,18-/m0/s1. The molecule has 0 spiro atoms. The van der Waals surface area contributed by atoms with E-state index in [0.29, 0.717) is 42.3 Å². The van der Waals surface area contributed by atoms with Gasteiger partial charge in [0.2, 0.25) is 0 Å². The van der Waals surface area contributed by atoms with Crippen molar-refractivity contribution in [1.82, 2.24) is 0 Å². The topological polar surface area (TPSA) is 57.5 Å². The largest absolute Gasteiger partial charge is 0.366 e. The molecule has 1 unspecified atom stereocenters. The highest BCUT2D eigenvalue weighted by Gasteiger charge is 2.61. The highest BCUT2D eigenvalue weighted by Crippen LogP contribution is 2.65. The van der Waals surface area contributed by atoms with E-state index in [1.807, 2.05) is 0 Å². The van der Waals surface area contributed by atoms with E-state index in [-0.39, 0.29) is 10.8 Å². The minimum absolute atomic E-state index is 0.0449. The lowest BCUT2D eigenvalue weighted by molar-refractivity contribution is -0.232. The Kier molecular flexibility index (Phi) is 3.14. The Balaban J connectivity index is 1.63. The number of hydrogen-bond donors (Lipinski definition) is 2. The molecule has 3 heteroatoms. The quantitative estimate of drug-likeness (QED) is 0.675. The van der Waals surface area contributed by atoms with Crippen molar-refractivity contribution in [3.8, 4) is 0 Å². The highest BCUT2D eigenvalue weighted by atomic mass is 16.5. The summed E-state index contributed by atoms with van der Waals surface area (Å²) in [6.07, 6.45) is 8.42. The fourth-order valence-corrected chi connectivity index (χ4v) is 7.00. The van der Waals surface area contributed by atoms with Crippen LogP contribution in [0.5, 0.6) is 0 Å². The van der Waals surface area contributed by atoms with Crippen LogP contribution in [0, 0.1) is 34.5 Å². The van der Waals surface area contributed by atoms with Crippen molar-refractivity contribution in [1.29, 1.82) is 0 Å². The van der Waals surface area contributed by atoms with E-state index in [4.69, 9.17) is 0 Å². The molecule has 4 fully saturated rings. The lowest BCUT2D eigenvalue weighted by Gasteiger charge is -2.60. The van der Waals surface area contributed by atoms with Gasteiger partial charge in [-0.05, 0) is 67.6 Å². The number of rotatable bonds is 0. The van der Waals surface area contributed by atoms with Gasteiger partial charge in [-0.25, -0.2) is 0 Å². The molecule has 0 saturated heterocycles. The van der Waals surface area contributed by atoms with Gasteiger partial charge in [-0.15, -0.1) is 0 Å². The van der Waals surface area contributed by atoms with Gasteiger partial charge in [0.05, 0.1) is 0 Å². The summed E-state index contributed by atoms with van der Waals surface area (Å²) in [4.78, 5) is 12.4. The molecule has 2 N–H and O–H groups in total. The average molecular weight is 306 g/mol. The van der Waals surface area contributed by atoms with Crippen molar-refractivity contribution in [3.63, 3.8) is 0 Å². The first-order valence-electron chi connectivity index (χ1n) is 9.24. The van der Waals surface area contributed by atoms with Gasteiger partial charge in [-0.1, -0.05) is 13.8 Å². The van der Waals surface area contributed by atoms with Gasteiger partial charge < -0.3 is 10.2 Å². The fraction of sp³-hybridized carbons (Fsp3) is 0.947. The van der Waals surface area contributed by atoms with Crippen LogP contribution in [0.4, 0.5) is 0 Å². The molecular weight excluding hydrogens is 276 g/mol. The number of carbonyl (C=O) groups excluding carboxylic acids is 1. The molecule has 0 radical (unpaired) electrons. The third kappa shape index (κ3) is 1.91. The molecule has 3 nitrogen and oxygen atoms in total. The molecule has 22 heavy (non-hydrogen) atoms. The van der Waals surface area contributed by atoms with Crippen LogP contribution in [0.3, 0.4) is 0 Å². The number of aliphatic hydroxyl groups is 2. The number of carbonyl (C=O) groups is 1. The van der Waals surface area contributed by atoms with Gasteiger partial charge in [0.15, 0.2) is 5.79 Å². The molecule has 0 aromatic rings. The molecular formula is C19H30O3. The van der Waals surface area contributed by atoms with Gasteiger partial charge in [-0.2, -0.15) is 0 Å². The summed E-state index contributed by atoms with van der Waals surface area (Å²) in [7, 11) is 0. The highest BCUT2D eigenvalue weighted by molar-refractivity contribution is 5.87. The molecule has 4 aliphatic carbocycles. The molecule has 0 heterocycles. The third-order valence-electron chi connectivity index (χ3n) is 8.41. The van der Waals surface area contributed by atoms with E-state index in [1.165, 1.54) is 12.8 Å². The summed E-state index contributed by atoms with van der Waals surface area (Å²) in [5, 5.41) is 20.1. The summed E-state index contributed by atoms with van der Waals surface area (Å²) < 4.78 is 0. The maximum absolute atomic E-state index is 12.4. The van der Waals surface area contributed by atoms with Crippen LogP contribution in [0.25, 0.3) is 0 Å². The second kappa shape index (κ2) is 4.57. The maximum Gasteiger partial charge on any atom is 0.162 e. The Morgan fingerprint density at radius 2 is 1.73 bits per heavy atom. The van der Waals surface area contributed by atoms with Crippen LogP contribution in [0.1, 0.15) is 71.6 Å². The van der Waals surface area contributed by atoms with Gasteiger partial charge in [-0.3, -0.25) is 4.79 Å². The van der Waals surface area contributed by atoms with Crippen LogP contribution in [-0.2, 0) is 4.79 Å². The van der Waals surface area contributed by atoms with E-state index >= 15 is 0 Å². The molecule has 0 aliphatic heterocycles. The van der Waals surface area contributed by atoms with Crippen LogP contribution in [0.15, 0.2) is 0 Å². The van der Waals surface area contributed by atoms with E-state index in [2.05, 4.69) is 13.8 Å². The van der Waals surface area contributed by atoms with Crippen LogP contribution in [-0.4, -0.2) is 21.8 Å². The molecule has 0 amide bonds. The Morgan fingerprint density at radius 1 is 0.955 bits per heavy atom. The lowest BCUT2D eigenvalue weighted by atomic mass is 9.45. The number of ketones is 1.